The van der Waals surface area contributed by atoms with E-state index in [4.69, 9.17) is 11.6 Å². The molecule has 0 spiro atoms. The monoisotopic (exact) mass is 314 g/mol. The van der Waals surface area contributed by atoms with E-state index in [1.54, 1.807) is 24.3 Å². The van der Waals surface area contributed by atoms with Gasteiger partial charge < -0.3 is 5.32 Å². The lowest BCUT2D eigenvalue weighted by molar-refractivity contribution is -0.137. The second-order valence-electron chi connectivity index (χ2n) is 4.53. The average Bonchev–Trinajstić information content (AvgIpc) is 2.44. The standard InChI is InChI=1S/C15H14ClF3N2/c1-2-7-20-14-9-10(15(17,18)19)8-13(21-14)11-5-3-4-6-12(11)16/h3-6,8-9H,2,7H2,1H3,(H,20,21). The Morgan fingerprint density at radius 1 is 1.19 bits per heavy atom. The van der Waals surface area contributed by atoms with Crippen molar-refractivity contribution in [3.63, 3.8) is 0 Å². The molecule has 0 saturated carbocycles. The second-order valence-corrected chi connectivity index (χ2v) is 4.94. The van der Waals surface area contributed by atoms with Gasteiger partial charge in [-0.05, 0) is 24.6 Å². The van der Waals surface area contributed by atoms with Gasteiger partial charge in [0.05, 0.1) is 11.3 Å². The van der Waals surface area contributed by atoms with E-state index in [0.29, 0.717) is 17.1 Å². The van der Waals surface area contributed by atoms with Gasteiger partial charge in [0, 0.05) is 17.1 Å². The largest absolute Gasteiger partial charge is 0.416 e. The molecule has 0 bridgehead atoms. The fraction of sp³-hybridized carbons (Fsp3) is 0.267. The van der Waals surface area contributed by atoms with Crippen molar-refractivity contribution in [1.29, 1.82) is 0 Å². The molecule has 0 amide bonds. The molecular formula is C15H14ClF3N2. The van der Waals surface area contributed by atoms with Crippen molar-refractivity contribution >= 4 is 17.4 Å². The molecule has 1 N–H and O–H groups in total. The predicted molar refractivity (Wildman–Crippen MR) is 78.5 cm³/mol. The molecule has 6 heteroatoms. The van der Waals surface area contributed by atoms with Gasteiger partial charge in [0.25, 0.3) is 0 Å². The van der Waals surface area contributed by atoms with E-state index in [9.17, 15) is 13.2 Å². The fourth-order valence-corrected chi connectivity index (χ4v) is 2.08. The number of anilines is 1. The third kappa shape index (κ3) is 3.88. The Morgan fingerprint density at radius 2 is 1.90 bits per heavy atom. The Labute approximate surface area is 126 Å². The third-order valence-electron chi connectivity index (χ3n) is 2.86. The highest BCUT2D eigenvalue weighted by Crippen LogP contribution is 2.35. The Bertz CT molecular complexity index is 627. The SMILES string of the molecule is CCCNc1cc(C(F)(F)F)cc(-c2ccccc2Cl)n1. The summed E-state index contributed by atoms with van der Waals surface area (Å²) >= 11 is 6.04. The first-order valence-corrected chi connectivity index (χ1v) is 6.87. The molecule has 0 radical (unpaired) electrons. The van der Waals surface area contributed by atoms with Gasteiger partial charge in [0.2, 0.25) is 0 Å². The average molecular weight is 315 g/mol. The molecule has 0 aliphatic carbocycles. The maximum absolute atomic E-state index is 13.0. The van der Waals surface area contributed by atoms with Crippen LogP contribution in [0.5, 0.6) is 0 Å². The topological polar surface area (TPSA) is 24.9 Å². The van der Waals surface area contributed by atoms with E-state index in [2.05, 4.69) is 10.3 Å². The Morgan fingerprint density at radius 3 is 2.52 bits per heavy atom. The molecule has 2 aromatic rings. The lowest BCUT2D eigenvalue weighted by Gasteiger charge is -2.13. The number of benzene rings is 1. The Kier molecular flexibility index (Phi) is 4.73. The van der Waals surface area contributed by atoms with E-state index in [-0.39, 0.29) is 11.5 Å². The lowest BCUT2D eigenvalue weighted by Crippen LogP contribution is -2.09. The summed E-state index contributed by atoms with van der Waals surface area (Å²) in [5.74, 6) is 0.196. The van der Waals surface area contributed by atoms with E-state index in [1.165, 1.54) is 0 Å². The molecule has 1 heterocycles. The first kappa shape index (κ1) is 15.6. The van der Waals surface area contributed by atoms with Crippen LogP contribution in [0.2, 0.25) is 5.02 Å². The summed E-state index contributed by atoms with van der Waals surface area (Å²) in [4.78, 5) is 4.22. The van der Waals surface area contributed by atoms with Crippen molar-refractivity contribution < 1.29 is 13.2 Å². The van der Waals surface area contributed by atoms with Gasteiger partial charge in [-0.25, -0.2) is 4.98 Å². The minimum Gasteiger partial charge on any atom is -0.370 e. The van der Waals surface area contributed by atoms with Crippen LogP contribution < -0.4 is 5.32 Å². The van der Waals surface area contributed by atoms with Crippen LogP contribution in [-0.2, 0) is 6.18 Å². The van der Waals surface area contributed by atoms with E-state index in [1.807, 2.05) is 6.92 Å². The van der Waals surface area contributed by atoms with Crippen molar-refractivity contribution in [2.24, 2.45) is 0 Å². The van der Waals surface area contributed by atoms with E-state index >= 15 is 0 Å². The minimum absolute atomic E-state index is 0.196. The number of nitrogens with zero attached hydrogens (tertiary/aromatic N) is 1. The smallest absolute Gasteiger partial charge is 0.370 e. The van der Waals surface area contributed by atoms with Crippen LogP contribution in [0, 0.1) is 0 Å². The predicted octanol–water partition coefficient (Wildman–Crippen LogP) is 5.24. The number of halogens is 4. The molecule has 1 aromatic carbocycles. The number of pyridine rings is 1. The zero-order chi connectivity index (χ0) is 15.5. The number of aromatic nitrogens is 1. The molecule has 0 saturated heterocycles. The summed E-state index contributed by atoms with van der Waals surface area (Å²) in [5.41, 5.74) is -0.0649. The maximum Gasteiger partial charge on any atom is 0.416 e. The quantitative estimate of drug-likeness (QED) is 0.834. The van der Waals surface area contributed by atoms with Gasteiger partial charge >= 0.3 is 6.18 Å². The van der Waals surface area contributed by atoms with Crippen molar-refractivity contribution in [3.8, 4) is 11.3 Å². The van der Waals surface area contributed by atoms with Crippen LogP contribution in [-0.4, -0.2) is 11.5 Å². The normalized spacial score (nSPS) is 11.5. The van der Waals surface area contributed by atoms with Crippen molar-refractivity contribution in [2.75, 3.05) is 11.9 Å². The van der Waals surface area contributed by atoms with Crippen molar-refractivity contribution in [3.05, 3.63) is 47.0 Å². The van der Waals surface area contributed by atoms with E-state index in [0.717, 1.165) is 18.6 Å². The highest BCUT2D eigenvalue weighted by molar-refractivity contribution is 6.33. The molecule has 0 fully saturated rings. The van der Waals surface area contributed by atoms with Gasteiger partial charge in [0.15, 0.2) is 0 Å². The molecule has 0 aliphatic rings. The van der Waals surface area contributed by atoms with Crippen LogP contribution in [0.4, 0.5) is 19.0 Å². The highest BCUT2D eigenvalue weighted by Gasteiger charge is 2.31. The number of alkyl halides is 3. The van der Waals surface area contributed by atoms with E-state index < -0.39 is 11.7 Å². The Hall–Kier alpha value is -1.75. The Balaban J connectivity index is 2.52. The van der Waals surface area contributed by atoms with Gasteiger partial charge in [-0.3, -0.25) is 0 Å². The molecule has 0 unspecified atom stereocenters. The zero-order valence-electron chi connectivity index (χ0n) is 11.3. The first-order valence-electron chi connectivity index (χ1n) is 6.50. The fourth-order valence-electron chi connectivity index (χ4n) is 1.84. The first-order chi connectivity index (χ1) is 9.91. The molecule has 21 heavy (non-hydrogen) atoms. The molecule has 1 aromatic heterocycles. The number of hydrogen-bond acceptors (Lipinski definition) is 2. The lowest BCUT2D eigenvalue weighted by atomic mass is 10.1. The van der Waals surface area contributed by atoms with Crippen molar-refractivity contribution in [2.45, 2.75) is 19.5 Å². The molecule has 2 nitrogen and oxygen atoms in total. The van der Waals surface area contributed by atoms with Crippen LogP contribution in [0.1, 0.15) is 18.9 Å². The second kappa shape index (κ2) is 6.35. The van der Waals surface area contributed by atoms with Gasteiger partial charge in [-0.1, -0.05) is 36.7 Å². The summed E-state index contributed by atoms with van der Waals surface area (Å²) in [6.07, 6.45) is -3.64. The van der Waals surface area contributed by atoms with Crippen LogP contribution in [0.15, 0.2) is 36.4 Å². The molecular weight excluding hydrogens is 301 g/mol. The molecule has 0 atom stereocenters. The number of rotatable bonds is 4. The maximum atomic E-state index is 13.0. The van der Waals surface area contributed by atoms with Gasteiger partial charge in [0.1, 0.15) is 5.82 Å². The summed E-state index contributed by atoms with van der Waals surface area (Å²) in [5, 5.41) is 3.25. The number of nitrogens with one attached hydrogen (secondary N) is 1. The van der Waals surface area contributed by atoms with Crippen LogP contribution in [0.25, 0.3) is 11.3 Å². The van der Waals surface area contributed by atoms with Crippen LogP contribution in [0.3, 0.4) is 0 Å². The summed E-state index contributed by atoms with van der Waals surface area (Å²) < 4.78 is 39.0. The summed E-state index contributed by atoms with van der Waals surface area (Å²) in [6.45, 7) is 2.48. The third-order valence-corrected chi connectivity index (χ3v) is 3.19. The molecule has 2 rings (SSSR count). The summed E-state index contributed by atoms with van der Waals surface area (Å²) in [6, 6.07) is 8.72. The van der Waals surface area contributed by atoms with Gasteiger partial charge in [-0.2, -0.15) is 13.2 Å². The zero-order valence-corrected chi connectivity index (χ0v) is 12.1. The number of hydrogen-bond donors (Lipinski definition) is 1. The van der Waals surface area contributed by atoms with Crippen LogP contribution >= 0.6 is 11.6 Å². The molecule has 112 valence electrons. The summed E-state index contributed by atoms with van der Waals surface area (Å²) in [7, 11) is 0. The molecule has 0 aliphatic heterocycles. The van der Waals surface area contributed by atoms with Crippen molar-refractivity contribution in [1.82, 2.24) is 4.98 Å². The highest BCUT2D eigenvalue weighted by atomic mass is 35.5. The van der Waals surface area contributed by atoms with Gasteiger partial charge in [-0.15, -0.1) is 0 Å². The minimum atomic E-state index is -4.43.